The van der Waals surface area contributed by atoms with Crippen molar-refractivity contribution in [2.75, 3.05) is 6.54 Å². The first-order chi connectivity index (χ1) is 8.80. The first kappa shape index (κ1) is 14.6. The molecule has 0 atom stereocenters. The van der Waals surface area contributed by atoms with E-state index in [-0.39, 0.29) is 21.0 Å². The number of aliphatic carboxylic acids is 1. The van der Waals surface area contributed by atoms with Crippen LogP contribution in [0.1, 0.15) is 12.8 Å². The van der Waals surface area contributed by atoms with Crippen LogP contribution < -0.4 is 0 Å². The summed E-state index contributed by atoms with van der Waals surface area (Å²) < 4.78 is 25.8. The Bertz CT molecular complexity index is 593. The van der Waals surface area contributed by atoms with Gasteiger partial charge in [0.2, 0.25) is 10.0 Å². The third-order valence-electron chi connectivity index (χ3n) is 2.69. The molecule has 0 aliphatic heterocycles. The van der Waals surface area contributed by atoms with E-state index < -0.39 is 22.5 Å². The number of rotatable bonds is 5. The number of halogens is 2. The van der Waals surface area contributed by atoms with Crippen LogP contribution in [-0.2, 0) is 14.8 Å². The molecule has 19 heavy (non-hydrogen) atoms. The minimum Gasteiger partial charge on any atom is -0.480 e. The zero-order chi connectivity index (χ0) is 14.2. The second kappa shape index (κ2) is 5.28. The number of sulfonamides is 1. The third kappa shape index (κ3) is 3.39. The van der Waals surface area contributed by atoms with Crippen LogP contribution in [0.3, 0.4) is 0 Å². The Morgan fingerprint density at radius 3 is 2.21 bits per heavy atom. The molecule has 0 unspecified atom stereocenters. The summed E-state index contributed by atoms with van der Waals surface area (Å²) >= 11 is 11.6. The largest absolute Gasteiger partial charge is 0.480 e. The maximum atomic E-state index is 12.4. The maximum absolute atomic E-state index is 12.4. The van der Waals surface area contributed by atoms with Gasteiger partial charge in [-0.25, -0.2) is 8.42 Å². The molecule has 104 valence electrons. The van der Waals surface area contributed by atoms with E-state index in [0.717, 1.165) is 4.31 Å². The average Bonchev–Trinajstić information content (AvgIpc) is 3.07. The maximum Gasteiger partial charge on any atom is 0.318 e. The van der Waals surface area contributed by atoms with Crippen molar-refractivity contribution in [2.45, 2.75) is 23.8 Å². The minimum atomic E-state index is -3.89. The van der Waals surface area contributed by atoms with Crippen LogP contribution in [0.25, 0.3) is 0 Å². The molecule has 1 aliphatic carbocycles. The van der Waals surface area contributed by atoms with E-state index in [1.165, 1.54) is 18.2 Å². The molecule has 1 fully saturated rings. The Hall–Kier alpha value is -0.820. The number of hydrogen-bond acceptors (Lipinski definition) is 3. The summed E-state index contributed by atoms with van der Waals surface area (Å²) in [6.45, 7) is -0.558. The minimum absolute atomic E-state index is 0.0850. The fraction of sp³-hybridized carbons (Fsp3) is 0.364. The molecule has 1 aliphatic rings. The third-order valence-corrected chi connectivity index (χ3v) is 5.00. The smallest absolute Gasteiger partial charge is 0.318 e. The van der Waals surface area contributed by atoms with Gasteiger partial charge in [0.15, 0.2) is 0 Å². The summed E-state index contributed by atoms with van der Waals surface area (Å²) in [5.41, 5.74) is 0. The average molecular weight is 324 g/mol. The summed E-state index contributed by atoms with van der Waals surface area (Å²) in [6, 6.07) is 3.69. The van der Waals surface area contributed by atoms with E-state index in [0.29, 0.717) is 12.8 Å². The topological polar surface area (TPSA) is 74.7 Å². The van der Waals surface area contributed by atoms with E-state index in [2.05, 4.69) is 0 Å². The molecule has 1 aromatic carbocycles. The number of carboxylic acids is 1. The van der Waals surface area contributed by atoms with Crippen LogP contribution in [-0.4, -0.2) is 36.4 Å². The monoisotopic (exact) mass is 323 g/mol. The van der Waals surface area contributed by atoms with Gasteiger partial charge in [-0.3, -0.25) is 4.79 Å². The van der Waals surface area contributed by atoms with E-state index in [9.17, 15) is 13.2 Å². The number of hydrogen-bond donors (Lipinski definition) is 1. The fourth-order valence-electron chi connectivity index (χ4n) is 1.72. The quantitative estimate of drug-likeness (QED) is 0.901. The lowest BCUT2D eigenvalue weighted by Gasteiger charge is -2.20. The molecule has 1 saturated carbocycles. The molecule has 0 amide bonds. The zero-order valence-electron chi connectivity index (χ0n) is 9.71. The standard InChI is InChI=1S/C11H11Cl2NO4S/c12-7-3-8(13)5-10(4-7)19(17,18)14(6-11(15)16)9-1-2-9/h3-5,9H,1-2,6H2,(H,15,16). The molecule has 0 bridgehead atoms. The highest BCUT2D eigenvalue weighted by Gasteiger charge is 2.39. The van der Waals surface area contributed by atoms with Gasteiger partial charge in [0, 0.05) is 16.1 Å². The van der Waals surface area contributed by atoms with E-state index >= 15 is 0 Å². The Morgan fingerprint density at radius 1 is 1.26 bits per heavy atom. The summed E-state index contributed by atoms with van der Waals surface area (Å²) in [5, 5.41) is 9.21. The first-order valence-corrected chi connectivity index (χ1v) is 7.70. The number of nitrogens with zero attached hydrogens (tertiary/aromatic N) is 1. The molecular weight excluding hydrogens is 313 g/mol. The second-order valence-electron chi connectivity index (χ2n) is 4.28. The van der Waals surface area contributed by atoms with Gasteiger partial charge in [-0.05, 0) is 31.0 Å². The number of carboxylic acid groups (broad SMARTS) is 1. The molecule has 1 N–H and O–H groups in total. The second-order valence-corrected chi connectivity index (χ2v) is 7.04. The first-order valence-electron chi connectivity index (χ1n) is 5.50. The fourth-order valence-corrected chi connectivity index (χ4v) is 4.08. The Balaban J connectivity index is 2.41. The van der Waals surface area contributed by atoms with Gasteiger partial charge < -0.3 is 5.11 Å². The molecule has 5 nitrogen and oxygen atoms in total. The predicted molar refractivity (Wildman–Crippen MR) is 71.0 cm³/mol. The summed E-state index contributed by atoms with van der Waals surface area (Å²) in [6.07, 6.45) is 1.33. The number of benzene rings is 1. The van der Waals surface area contributed by atoms with Crippen LogP contribution in [0.5, 0.6) is 0 Å². The van der Waals surface area contributed by atoms with Crippen molar-refractivity contribution in [3.05, 3.63) is 28.2 Å². The van der Waals surface area contributed by atoms with E-state index in [4.69, 9.17) is 28.3 Å². The SMILES string of the molecule is O=C(O)CN(C1CC1)S(=O)(=O)c1cc(Cl)cc(Cl)c1. The zero-order valence-corrected chi connectivity index (χ0v) is 12.0. The summed E-state index contributed by atoms with van der Waals surface area (Å²) in [5.74, 6) is -1.19. The normalized spacial score (nSPS) is 15.7. The van der Waals surface area contributed by atoms with Crippen molar-refractivity contribution in [2.24, 2.45) is 0 Å². The summed E-state index contributed by atoms with van der Waals surface area (Å²) in [7, 11) is -3.89. The van der Waals surface area contributed by atoms with Crippen LogP contribution in [0, 0.1) is 0 Å². The Labute approximate surface area is 120 Å². The lowest BCUT2D eigenvalue weighted by molar-refractivity contribution is -0.137. The molecule has 8 heteroatoms. The van der Waals surface area contributed by atoms with E-state index in [1.807, 2.05) is 0 Å². The van der Waals surface area contributed by atoms with Gasteiger partial charge in [-0.1, -0.05) is 23.2 Å². The molecule has 0 spiro atoms. The lowest BCUT2D eigenvalue weighted by Crippen LogP contribution is -2.37. The highest BCUT2D eigenvalue weighted by Crippen LogP contribution is 2.33. The summed E-state index contributed by atoms with van der Waals surface area (Å²) in [4.78, 5) is 10.7. The highest BCUT2D eigenvalue weighted by molar-refractivity contribution is 7.89. The van der Waals surface area contributed by atoms with Crippen molar-refractivity contribution in [3.8, 4) is 0 Å². The Kier molecular flexibility index (Phi) is 4.06. The van der Waals surface area contributed by atoms with Gasteiger partial charge in [0.25, 0.3) is 0 Å². The van der Waals surface area contributed by atoms with Crippen LogP contribution in [0.4, 0.5) is 0 Å². The molecule has 0 saturated heterocycles. The van der Waals surface area contributed by atoms with Gasteiger partial charge >= 0.3 is 5.97 Å². The number of carbonyl (C=O) groups is 1. The highest BCUT2D eigenvalue weighted by atomic mass is 35.5. The molecule has 0 heterocycles. The molecule has 1 aromatic rings. The van der Waals surface area contributed by atoms with Crippen molar-refractivity contribution < 1.29 is 18.3 Å². The molecule has 0 radical (unpaired) electrons. The van der Waals surface area contributed by atoms with Crippen LogP contribution in [0.15, 0.2) is 23.1 Å². The van der Waals surface area contributed by atoms with Gasteiger partial charge in [0.1, 0.15) is 6.54 Å². The van der Waals surface area contributed by atoms with Crippen molar-refractivity contribution in [3.63, 3.8) is 0 Å². The molecule has 0 aromatic heterocycles. The van der Waals surface area contributed by atoms with Crippen molar-refractivity contribution in [1.29, 1.82) is 0 Å². The molecule has 2 rings (SSSR count). The van der Waals surface area contributed by atoms with Crippen molar-refractivity contribution >= 4 is 39.2 Å². The predicted octanol–water partition coefficient (Wildman–Crippen LogP) is 2.23. The van der Waals surface area contributed by atoms with Gasteiger partial charge in [-0.15, -0.1) is 0 Å². The molecular formula is C11H11Cl2NO4S. The van der Waals surface area contributed by atoms with Gasteiger partial charge in [-0.2, -0.15) is 4.31 Å². The van der Waals surface area contributed by atoms with Crippen LogP contribution in [0.2, 0.25) is 10.0 Å². The Morgan fingerprint density at radius 2 is 1.79 bits per heavy atom. The van der Waals surface area contributed by atoms with Crippen LogP contribution >= 0.6 is 23.2 Å². The van der Waals surface area contributed by atoms with Crippen molar-refractivity contribution in [1.82, 2.24) is 4.31 Å². The van der Waals surface area contributed by atoms with E-state index in [1.54, 1.807) is 0 Å². The van der Waals surface area contributed by atoms with Gasteiger partial charge in [0.05, 0.1) is 4.90 Å². The lowest BCUT2D eigenvalue weighted by atomic mass is 10.4.